The van der Waals surface area contributed by atoms with Gasteiger partial charge in [-0.15, -0.1) is 0 Å². The monoisotopic (exact) mass is 438 g/mol. The Labute approximate surface area is 187 Å². The molecule has 0 aromatic heterocycles. The van der Waals surface area contributed by atoms with Crippen molar-refractivity contribution >= 4 is 29.7 Å². The molecule has 0 saturated heterocycles. The van der Waals surface area contributed by atoms with Crippen LogP contribution in [0.5, 0.6) is 0 Å². The number of nitrogens with one attached hydrogen (secondary N) is 1. The van der Waals surface area contributed by atoms with E-state index in [0.29, 0.717) is 0 Å². The van der Waals surface area contributed by atoms with Crippen LogP contribution in [0.3, 0.4) is 0 Å². The van der Waals surface area contributed by atoms with Crippen LogP contribution in [0, 0.1) is 6.92 Å². The van der Waals surface area contributed by atoms with Gasteiger partial charge in [0, 0.05) is 16.8 Å². The van der Waals surface area contributed by atoms with Crippen molar-refractivity contribution in [3.05, 3.63) is 88.4 Å². The lowest BCUT2D eigenvalue weighted by atomic mass is 9.95. The Kier molecular flexibility index (Phi) is 9.10. The van der Waals surface area contributed by atoms with Gasteiger partial charge in [-0.05, 0) is 85.3 Å². The summed E-state index contributed by atoms with van der Waals surface area (Å²) in [5, 5.41) is 12.4. The van der Waals surface area contributed by atoms with Crippen molar-refractivity contribution in [1.29, 1.82) is 0 Å². The first-order chi connectivity index (χ1) is 14.8. The Morgan fingerprint density at radius 3 is 2.23 bits per heavy atom. The molecule has 0 fully saturated rings. The van der Waals surface area contributed by atoms with Crippen LogP contribution < -0.4 is 11.1 Å². The molecule has 5 nitrogen and oxygen atoms in total. The molecule has 0 saturated carbocycles. The zero-order valence-corrected chi connectivity index (χ0v) is 18.4. The van der Waals surface area contributed by atoms with Gasteiger partial charge in [-0.2, -0.15) is 0 Å². The van der Waals surface area contributed by atoms with Gasteiger partial charge in [-0.1, -0.05) is 41.9 Å². The van der Waals surface area contributed by atoms with E-state index < -0.39 is 5.97 Å². The summed E-state index contributed by atoms with van der Waals surface area (Å²) in [6.07, 6.45) is 2.49. The Hall–Kier alpha value is -3.31. The predicted octanol–water partition coefficient (Wildman–Crippen LogP) is 5.35. The fourth-order valence-electron chi connectivity index (χ4n) is 2.96. The molecule has 1 amide bonds. The van der Waals surface area contributed by atoms with Crippen LogP contribution in [0.15, 0.2) is 66.7 Å². The lowest BCUT2D eigenvalue weighted by molar-refractivity contribution is -0.110. The summed E-state index contributed by atoms with van der Waals surface area (Å²) in [6, 6.07) is 20.3. The van der Waals surface area contributed by atoms with Crippen LogP contribution in [-0.2, 0) is 11.2 Å². The standard InChI is InChI=1S/C19H21NO3.C6H6ClN/c1-13-3-5-18(11-17(13)6-4-14(2)20-12-21)15-7-9-16(10-8-15)19(22)23;7-5-1-3-6(8)4-2-5/h3,5,7-12,14H,4,6H2,1-2H3,(H,20,21)(H,22,23);1-4H,8H2/t14-;/m0./s1. The minimum Gasteiger partial charge on any atom is -0.478 e. The zero-order valence-electron chi connectivity index (χ0n) is 17.6. The fourth-order valence-corrected chi connectivity index (χ4v) is 3.09. The minimum atomic E-state index is -0.919. The molecular weight excluding hydrogens is 412 g/mol. The maximum atomic E-state index is 10.9. The Balaban J connectivity index is 0.000000357. The zero-order chi connectivity index (χ0) is 22.8. The number of carbonyl (C=O) groups is 2. The van der Waals surface area contributed by atoms with Crippen molar-refractivity contribution < 1.29 is 14.7 Å². The Morgan fingerprint density at radius 1 is 1.06 bits per heavy atom. The molecule has 3 rings (SSSR count). The van der Waals surface area contributed by atoms with Crippen molar-refractivity contribution in [2.45, 2.75) is 32.7 Å². The number of carbonyl (C=O) groups excluding carboxylic acids is 1. The van der Waals surface area contributed by atoms with Crippen molar-refractivity contribution in [3.63, 3.8) is 0 Å². The molecular formula is C25H27ClN2O3. The number of aromatic carboxylic acids is 1. The molecule has 31 heavy (non-hydrogen) atoms. The Morgan fingerprint density at radius 2 is 1.68 bits per heavy atom. The van der Waals surface area contributed by atoms with Crippen molar-refractivity contribution in [3.8, 4) is 11.1 Å². The maximum Gasteiger partial charge on any atom is 0.335 e. The molecule has 0 unspecified atom stereocenters. The largest absolute Gasteiger partial charge is 0.478 e. The smallest absolute Gasteiger partial charge is 0.335 e. The average molecular weight is 439 g/mol. The number of hydrogen-bond acceptors (Lipinski definition) is 3. The summed E-state index contributed by atoms with van der Waals surface area (Å²) in [5.41, 5.74) is 10.9. The number of rotatable bonds is 7. The number of amides is 1. The van der Waals surface area contributed by atoms with Crippen molar-refractivity contribution in [2.24, 2.45) is 0 Å². The van der Waals surface area contributed by atoms with Gasteiger partial charge in [0.15, 0.2) is 0 Å². The molecule has 0 bridgehead atoms. The van der Waals surface area contributed by atoms with E-state index in [9.17, 15) is 9.59 Å². The molecule has 0 heterocycles. The minimum absolute atomic E-state index is 0.144. The quantitative estimate of drug-likeness (QED) is 0.342. The molecule has 3 aromatic carbocycles. The van der Waals surface area contributed by atoms with Crippen LogP contribution in [0.4, 0.5) is 5.69 Å². The highest BCUT2D eigenvalue weighted by atomic mass is 35.5. The second-order valence-electron chi connectivity index (χ2n) is 7.30. The van der Waals surface area contributed by atoms with Crippen LogP contribution in [0.1, 0.15) is 34.8 Å². The molecule has 1 atom stereocenters. The number of carboxylic acids is 1. The summed E-state index contributed by atoms with van der Waals surface area (Å²) in [5.74, 6) is -0.919. The highest BCUT2D eigenvalue weighted by Crippen LogP contribution is 2.24. The summed E-state index contributed by atoms with van der Waals surface area (Å²) in [6.45, 7) is 4.06. The van der Waals surface area contributed by atoms with E-state index in [2.05, 4.69) is 24.4 Å². The normalized spacial score (nSPS) is 11.1. The van der Waals surface area contributed by atoms with Crippen LogP contribution in [-0.4, -0.2) is 23.5 Å². The number of nitrogen functional groups attached to an aromatic ring is 1. The second-order valence-corrected chi connectivity index (χ2v) is 7.74. The first-order valence-electron chi connectivity index (χ1n) is 9.94. The van der Waals surface area contributed by atoms with E-state index in [1.165, 1.54) is 11.1 Å². The number of nitrogens with two attached hydrogens (primary N) is 1. The van der Waals surface area contributed by atoms with Gasteiger partial charge in [-0.3, -0.25) is 4.79 Å². The van der Waals surface area contributed by atoms with Crippen molar-refractivity contribution in [1.82, 2.24) is 5.32 Å². The third-order valence-electron chi connectivity index (χ3n) is 4.88. The number of halogens is 1. The second kappa shape index (κ2) is 11.8. The van der Waals surface area contributed by atoms with E-state index in [-0.39, 0.29) is 11.6 Å². The summed E-state index contributed by atoms with van der Waals surface area (Å²) in [4.78, 5) is 21.4. The number of benzene rings is 3. The van der Waals surface area contributed by atoms with E-state index in [1.807, 2.05) is 25.1 Å². The van der Waals surface area contributed by atoms with Crippen molar-refractivity contribution in [2.75, 3.05) is 5.73 Å². The van der Waals surface area contributed by atoms with E-state index in [4.69, 9.17) is 22.4 Å². The van der Waals surface area contributed by atoms with Gasteiger partial charge < -0.3 is 16.2 Å². The first kappa shape index (κ1) is 24.0. The summed E-state index contributed by atoms with van der Waals surface area (Å²) in [7, 11) is 0. The predicted molar refractivity (Wildman–Crippen MR) is 126 cm³/mol. The van der Waals surface area contributed by atoms with Gasteiger partial charge in [0.2, 0.25) is 6.41 Å². The van der Waals surface area contributed by atoms with Crippen LogP contribution in [0.25, 0.3) is 11.1 Å². The number of anilines is 1. The van der Waals surface area contributed by atoms with Gasteiger partial charge in [0.05, 0.1) is 5.56 Å². The maximum absolute atomic E-state index is 10.9. The average Bonchev–Trinajstić information content (AvgIpc) is 2.76. The van der Waals surface area contributed by atoms with Gasteiger partial charge in [-0.25, -0.2) is 4.79 Å². The lowest BCUT2D eigenvalue weighted by Gasteiger charge is -2.13. The number of carboxylic acid groups (broad SMARTS) is 1. The Bertz CT molecular complexity index is 981. The molecule has 0 spiro atoms. The van der Waals surface area contributed by atoms with Gasteiger partial charge >= 0.3 is 5.97 Å². The van der Waals surface area contributed by atoms with E-state index >= 15 is 0 Å². The molecule has 0 aliphatic carbocycles. The highest BCUT2D eigenvalue weighted by Gasteiger charge is 2.07. The van der Waals surface area contributed by atoms with Gasteiger partial charge in [0.25, 0.3) is 0 Å². The fraction of sp³-hybridized carbons (Fsp3) is 0.200. The third kappa shape index (κ3) is 7.79. The molecule has 0 aliphatic heterocycles. The molecule has 3 aromatic rings. The number of hydrogen-bond donors (Lipinski definition) is 3. The molecule has 162 valence electrons. The third-order valence-corrected chi connectivity index (χ3v) is 5.14. The molecule has 0 aliphatic rings. The van der Waals surface area contributed by atoms with Crippen LogP contribution in [0.2, 0.25) is 5.02 Å². The topological polar surface area (TPSA) is 92.4 Å². The van der Waals surface area contributed by atoms with E-state index in [0.717, 1.165) is 41.1 Å². The molecule has 0 radical (unpaired) electrons. The first-order valence-corrected chi connectivity index (χ1v) is 10.3. The highest BCUT2D eigenvalue weighted by molar-refractivity contribution is 6.30. The van der Waals surface area contributed by atoms with Gasteiger partial charge in [0.1, 0.15) is 0 Å². The molecule has 6 heteroatoms. The summed E-state index contributed by atoms with van der Waals surface area (Å²) < 4.78 is 0. The number of aryl methyl sites for hydroxylation is 2. The SMILES string of the molecule is Cc1ccc(-c2ccc(C(=O)O)cc2)cc1CC[C@H](C)NC=O.Nc1ccc(Cl)cc1. The van der Waals surface area contributed by atoms with Crippen LogP contribution >= 0.6 is 11.6 Å². The summed E-state index contributed by atoms with van der Waals surface area (Å²) >= 11 is 5.56. The van der Waals surface area contributed by atoms with E-state index in [1.54, 1.807) is 36.4 Å². The molecule has 4 N–H and O–H groups in total. The lowest BCUT2D eigenvalue weighted by Crippen LogP contribution is -2.24.